The monoisotopic (exact) mass is 365 g/mol. The Morgan fingerprint density at radius 3 is 2.64 bits per heavy atom. The minimum absolute atomic E-state index is 0.135. The largest absolute Gasteiger partial charge is 0.466 e. The number of carbonyl (C=O) groups excluding carboxylic acids is 2. The van der Waals surface area contributed by atoms with Crippen molar-refractivity contribution in [2.45, 2.75) is 12.5 Å². The Hall–Kier alpha value is -1.95. The molecule has 1 aromatic rings. The molecule has 114 valence electrons. The van der Waals surface area contributed by atoms with Crippen molar-refractivity contribution in [3.8, 4) is 0 Å². The van der Waals surface area contributed by atoms with Crippen LogP contribution in [0.4, 0.5) is 4.39 Å². The number of Topliss-reactive ketones (excluding diaryl/α,β-unsaturated/α-hetero) is 1. The molecule has 1 atom stereocenters. The first-order chi connectivity index (χ1) is 10.5. The van der Waals surface area contributed by atoms with Crippen LogP contribution in [0.2, 0.25) is 0 Å². The van der Waals surface area contributed by atoms with Crippen LogP contribution < -0.4 is 0 Å². The summed E-state index contributed by atoms with van der Waals surface area (Å²) in [6, 6.07) is 4.96. The highest BCUT2D eigenvalue weighted by atomic mass is 79.9. The number of halogens is 2. The Morgan fingerprint density at radius 2 is 2.00 bits per heavy atom. The van der Waals surface area contributed by atoms with Crippen LogP contribution in [-0.4, -0.2) is 36.3 Å². The minimum Gasteiger partial charge on any atom is -0.466 e. The zero-order valence-corrected chi connectivity index (χ0v) is 13.4. The van der Waals surface area contributed by atoms with Gasteiger partial charge in [0.1, 0.15) is 11.9 Å². The van der Waals surface area contributed by atoms with E-state index >= 15 is 0 Å². The van der Waals surface area contributed by atoms with Crippen molar-refractivity contribution in [1.29, 1.82) is 0 Å². The fraction of sp³-hybridized carbons (Fsp3) is 0.250. The van der Waals surface area contributed by atoms with Gasteiger partial charge < -0.3 is 9.64 Å². The van der Waals surface area contributed by atoms with Crippen LogP contribution in [0.15, 0.2) is 46.1 Å². The molecule has 0 N–H and O–H groups in total. The molecule has 0 radical (unpaired) electrons. The van der Waals surface area contributed by atoms with Crippen LogP contribution in [0.25, 0.3) is 0 Å². The molecular weight excluding hydrogens is 353 g/mol. The third-order valence-corrected chi connectivity index (χ3v) is 4.54. The van der Waals surface area contributed by atoms with Gasteiger partial charge in [0, 0.05) is 22.3 Å². The lowest BCUT2D eigenvalue weighted by Crippen LogP contribution is -2.35. The zero-order chi connectivity index (χ0) is 15.9. The Bertz CT molecular complexity index is 709. The normalized spacial score (nSPS) is 20.0. The van der Waals surface area contributed by atoms with E-state index in [1.165, 1.54) is 31.4 Å². The molecule has 0 aromatic heterocycles. The van der Waals surface area contributed by atoms with Crippen LogP contribution >= 0.6 is 15.9 Å². The number of allylic oxidation sites excluding steroid dienone is 1. The molecule has 6 heteroatoms. The van der Waals surface area contributed by atoms with Crippen LogP contribution in [0.1, 0.15) is 16.8 Å². The molecule has 3 rings (SSSR count). The fourth-order valence-corrected chi connectivity index (χ4v) is 3.49. The summed E-state index contributed by atoms with van der Waals surface area (Å²) in [4.78, 5) is 26.3. The van der Waals surface area contributed by atoms with Gasteiger partial charge in [-0.1, -0.05) is 15.9 Å². The lowest BCUT2D eigenvalue weighted by Gasteiger charge is -2.24. The Morgan fingerprint density at radius 1 is 1.32 bits per heavy atom. The number of fused-ring (bicyclic) bond motifs is 1. The summed E-state index contributed by atoms with van der Waals surface area (Å²) >= 11 is 3.41. The van der Waals surface area contributed by atoms with Crippen molar-refractivity contribution in [3.63, 3.8) is 0 Å². The van der Waals surface area contributed by atoms with Crippen LogP contribution in [0.3, 0.4) is 0 Å². The minimum atomic E-state index is -0.511. The molecule has 0 spiro atoms. The molecule has 4 nitrogen and oxygen atoms in total. The smallest absolute Gasteiger partial charge is 0.335 e. The number of methoxy groups -OCH3 is 1. The van der Waals surface area contributed by atoms with Crippen molar-refractivity contribution in [2.75, 3.05) is 13.7 Å². The quantitative estimate of drug-likeness (QED) is 0.610. The van der Waals surface area contributed by atoms with Gasteiger partial charge >= 0.3 is 5.97 Å². The number of hydrogen-bond donors (Lipinski definition) is 0. The first-order valence-electron chi connectivity index (χ1n) is 6.78. The highest BCUT2D eigenvalue weighted by molar-refractivity contribution is 9.11. The van der Waals surface area contributed by atoms with Crippen LogP contribution in [-0.2, 0) is 9.53 Å². The molecule has 1 unspecified atom stereocenters. The summed E-state index contributed by atoms with van der Waals surface area (Å²) in [5.41, 5.74) is 1.73. The van der Waals surface area contributed by atoms with E-state index in [9.17, 15) is 14.0 Å². The van der Waals surface area contributed by atoms with E-state index in [4.69, 9.17) is 4.74 Å². The standard InChI is InChI=1S/C16H13BrFNO3/c1-22-16(21)11-6-7-19-13(11)8-12(17)14(19)15(20)9-2-4-10(18)5-3-9/h2-5,8,14H,6-7H2,1H3. The van der Waals surface area contributed by atoms with Gasteiger partial charge in [-0.2, -0.15) is 0 Å². The molecule has 2 aliphatic rings. The number of carbonyl (C=O) groups is 2. The van der Waals surface area contributed by atoms with Crippen LogP contribution in [0, 0.1) is 5.82 Å². The van der Waals surface area contributed by atoms with Gasteiger partial charge in [-0.25, -0.2) is 9.18 Å². The lowest BCUT2D eigenvalue weighted by molar-refractivity contribution is -0.136. The van der Waals surface area contributed by atoms with Gasteiger partial charge in [0.2, 0.25) is 0 Å². The summed E-state index contributed by atoms with van der Waals surface area (Å²) in [5.74, 6) is -0.888. The molecule has 0 amide bonds. The van der Waals surface area contributed by atoms with Gasteiger partial charge in [-0.15, -0.1) is 0 Å². The van der Waals surface area contributed by atoms with E-state index in [-0.39, 0.29) is 17.6 Å². The molecule has 0 saturated heterocycles. The number of ketones is 1. The highest BCUT2D eigenvalue weighted by Crippen LogP contribution is 2.39. The van der Waals surface area contributed by atoms with Gasteiger partial charge in [0.05, 0.1) is 12.7 Å². The van der Waals surface area contributed by atoms with E-state index in [0.29, 0.717) is 28.6 Å². The topological polar surface area (TPSA) is 46.6 Å². The third kappa shape index (κ3) is 2.37. The molecule has 0 fully saturated rings. The second-order valence-electron chi connectivity index (χ2n) is 5.10. The number of rotatable bonds is 3. The van der Waals surface area contributed by atoms with Gasteiger partial charge in [0.25, 0.3) is 0 Å². The number of esters is 1. The molecule has 22 heavy (non-hydrogen) atoms. The molecule has 2 aliphatic heterocycles. The summed E-state index contributed by atoms with van der Waals surface area (Å²) in [6.07, 6.45) is 2.33. The summed E-state index contributed by atoms with van der Waals surface area (Å²) in [7, 11) is 1.34. The lowest BCUT2D eigenvalue weighted by atomic mass is 10.0. The third-order valence-electron chi connectivity index (χ3n) is 3.88. The van der Waals surface area contributed by atoms with E-state index in [2.05, 4.69) is 15.9 Å². The Labute approximate surface area is 135 Å². The first-order valence-corrected chi connectivity index (χ1v) is 7.57. The van der Waals surface area contributed by atoms with E-state index in [1.54, 1.807) is 6.08 Å². The average Bonchev–Trinajstić information content (AvgIpc) is 3.04. The van der Waals surface area contributed by atoms with Crippen molar-refractivity contribution < 1.29 is 18.7 Å². The maximum absolute atomic E-state index is 13.0. The molecule has 0 saturated carbocycles. The zero-order valence-electron chi connectivity index (χ0n) is 11.8. The second kappa shape index (κ2) is 5.68. The van der Waals surface area contributed by atoms with E-state index in [1.807, 2.05) is 4.90 Å². The summed E-state index contributed by atoms with van der Waals surface area (Å²) in [5, 5.41) is 0. The molecule has 0 aliphatic carbocycles. The summed E-state index contributed by atoms with van der Waals surface area (Å²) < 4.78 is 18.5. The van der Waals surface area contributed by atoms with E-state index < -0.39 is 6.04 Å². The van der Waals surface area contributed by atoms with Gasteiger partial charge in [-0.05, 0) is 36.8 Å². The molecule has 0 bridgehead atoms. The number of nitrogens with zero attached hydrogens (tertiary/aromatic N) is 1. The predicted octanol–water partition coefficient (Wildman–Crippen LogP) is 2.80. The van der Waals surface area contributed by atoms with Crippen LogP contribution in [0.5, 0.6) is 0 Å². The van der Waals surface area contributed by atoms with Crippen molar-refractivity contribution in [2.24, 2.45) is 0 Å². The predicted molar refractivity (Wildman–Crippen MR) is 81.9 cm³/mol. The van der Waals surface area contributed by atoms with E-state index in [0.717, 1.165) is 5.70 Å². The molecule has 1 aromatic carbocycles. The Kier molecular flexibility index (Phi) is 3.87. The van der Waals surface area contributed by atoms with Crippen molar-refractivity contribution in [1.82, 2.24) is 4.90 Å². The highest BCUT2D eigenvalue weighted by Gasteiger charge is 2.40. The maximum Gasteiger partial charge on any atom is 0.335 e. The maximum atomic E-state index is 13.0. The molecular formula is C16H13BrFNO3. The van der Waals surface area contributed by atoms with Gasteiger partial charge in [0.15, 0.2) is 5.78 Å². The van der Waals surface area contributed by atoms with Crippen molar-refractivity contribution >= 4 is 27.7 Å². The summed E-state index contributed by atoms with van der Waals surface area (Å²) in [6.45, 7) is 0.572. The number of hydrogen-bond acceptors (Lipinski definition) is 4. The van der Waals surface area contributed by atoms with Crippen molar-refractivity contribution in [3.05, 3.63) is 57.5 Å². The number of benzene rings is 1. The first kappa shape index (κ1) is 15.0. The number of ether oxygens (including phenoxy) is 1. The Balaban J connectivity index is 1.93. The second-order valence-corrected chi connectivity index (χ2v) is 6.02. The fourth-order valence-electron chi connectivity index (χ4n) is 2.82. The molecule has 2 heterocycles. The van der Waals surface area contributed by atoms with Gasteiger partial charge in [-0.3, -0.25) is 4.79 Å². The average molecular weight is 366 g/mol. The SMILES string of the molecule is COC(=O)C1=C2C=C(Br)C(C(=O)c3ccc(F)cc3)N2CC1.